The first-order chi connectivity index (χ1) is 6.76. The highest BCUT2D eigenvalue weighted by atomic mass is 35.5. The predicted molar refractivity (Wildman–Crippen MR) is 48.1 cm³/mol. The molecule has 0 radical (unpaired) electrons. The lowest BCUT2D eigenvalue weighted by Crippen LogP contribution is -2.67. The first-order valence-corrected chi connectivity index (χ1v) is 4.35. The number of amides is 3. The van der Waals surface area contributed by atoms with Crippen LogP contribution in [0.3, 0.4) is 0 Å². The number of hydrogen-bond donors (Lipinski definition) is 3. The molecule has 1 rings (SSSR count). The van der Waals surface area contributed by atoms with Crippen molar-refractivity contribution in [1.29, 1.82) is 0 Å². The topological polar surface area (TPSA) is 107 Å². The molecule has 2 unspecified atom stereocenters. The number of hydrogen-bond acceptors (Lipinski definition) is 4. The van der Waals surface area contributed by atoms with Gasteiger partial charge >= 0.3 is 12.0 Å². The van der Waals surface area contributed by atoms with Gasteiger partial charge in [-0.25, -0.2) is 4.79 Å². The Kier molecular flexibility index (Phi) is 2.87. The molecule has 0 aliphatic carbocycles. The molecule has 0 aromatic heterocycles. The maximum Gasteiger partial charge on any atom is 0.326 e. The average molecular weight is 237 g/mol. The van der Waals surface area contributed by atoms with Gasteiger partial charge in [0.05, 0.1) is 0 Å². The Hall–Kier alpha value is -1.34. The molecule has 0 bridgehead atoms. The van der Waals surface area contributed by atoms with Crippen molar-refractivity contribution in [3.05, 3.63) is 0 Å². The van der Waals surface area contributed by atoms with E-state index in [9.17, 15) is 19.5 Å². The third kappa shape index (κ3) is 2.02. The van der Waals surface area contributed by atoms with Crippen molar-refractivity contribution in [3.8, 4) is 0 Å². The van der Waals surface area contributed by atoms with E-state index in [2.05, 4.69) is 0 Å². The molecule has 0 spiro atoms. The van der Waals surface area contributed by atoms with Crippen LogP contribution in [0.4, 0.5) is 4.79 Å². The van der Waals surface area contributed by atoms with Gasteiger partial charge < -0.3 is 10.2 Å². The molecule has 0 aromatic carbocycles. The van der Waals surface area contributed by atoms with E-state index in [4.69, 9.17) is 16.7 Å². The van der Waals surface area contributed by atoms with Crippen molar-refractivity contribution < 1.29 is 24.6 Å². The lowest BCUT2D eigenvalue weighted by Gasteiger charge is -2.39. The molecule has 8 heteroatoms. The molecule has 0 aromatic rings. The zero-order chi connectivity index (χ0) is 11.8. The third-order valence-electron chi connectivity index (χ3n) is 2.01. The minimum absolute atomic E-state index is 0.566. The van der Waals surface area contributed by atoms with Crippen LogP contribution in [0.15, 0.2) is 0 Å². The summed E-state index contributed by atoms with van der Waals surface area (Å²) in [4.78, 5) is 31.5. The Bertz CT molecular complexity index is 329. The summed E-state index contributed by atoms with van der Waals surface area (Å²) in [6, 6.07) is -0.979. The van der Waals surface area contributed by atoms with E-state index >= 15 is 0 Å². The second-order valence-corrected chi connectivity index (χ2v) is 4.02. The maximum absolute atomic E-state index is 11.2. The highest BCUT2D eigenvalue weighted by Crippen LogP contribution is 2.25. The number of nitrogens with zero attached hydrogens (tertiary/aromatic N) is 1. The van der Waals surface area contributed by atoms with Gasteiger partial charge in [-0.05, 0) is 6.92 Å². The van der Waals surface area contributed by atoms with Crippen LogP contribution in [0.5, 0.6) is 0 Å². The summed E-state index contributed by atoms with van der Waals surface area (Å²) in [6.07, 6.45) is -1.67. The maximum atomic E-state index is 11.2. The van der Waals surface area contributed by atoms with Crippen LogP contribution < -0.4 is 5.32 Å². The summed E-state index contributed by atoms with van der Waals surface area (Å²) in [5.74, 6) is -2.17. The monoisotopic (exact) mass is 236 g/mol. The van der Waals surface area contributed by atoms with Gasteiger partial charge in [0.25, 0.3) is 5.91 Å². The van der Waals surface area contributed by atoms with Gasteiger partial charge in [0.15, 0.2) is 11.1 Å². The molecule has 3 amide bonds. The van der Waals surface area contributed by atoms with E-state index in [0.29, 0.717) is 4.90 Å². The van der Waals surface area contributed by atoms with E-state index in [1.807, 2.05) is 5.32 Å². The number of carboxylic acid groups (broad SMARTS) is 1. The number of rotatable bonds is 2. The number of nitrogens with one attached hydrogen (secondary N) is 1. The lowest BCUT2D eigenvalue weighted by atomic mass is 10.1. The van der Waals surface area contributed by atoms with Gasteiger partial charge in [0, 0.05) is 0 Å². The van der Waals surface area contributed by atoms with Gasteiger partial charge in [0.2, 0.25) is 0 Å². The van der Waals surface area contributed by atoms with Crippen LogP contribution in [0.1, 0.15) is 6.92 Å². The average Bonchev–Trinajstić information content (AvgIpc) is 2.10. The minimum atomic E-state index is -1.75. The molecule has 1 aliphatic rings. The second kappa shape index (κ2) is 3.67. The lowest BCUT2D eigenvalue weighted by molar-refractivity contribution is -0.144. The van der Waals surface area contributed by atoms with Crippen molar-refractivity contribution in [3.63, 3.8) is 0 Å². The molecule has 1 heterocycles. The molecular weight excluding hydrogens is 228 g/mol. The largest absolute Gasteiger partial charge is 0.480 e. The number of carboxylic acids is 1. The molecule has 0 saturated carbocycles. The molecular formula is C7H9ClN2O5. The van der Waals surface area contributed by atoms with Gasteiger partial charge in [-0.3, -0.25) is 19.8 Å². The summed E-state index contributed by atoms with van der Waals surface area (Å²) < 4.78 is 0. The van der Waals surface area contributed by atoms with Crippen molar-refractivity contribution in [1.82, 2.24) is 10.2 Å². The summed E-state index contributed by atoms with van der Waals surface area (Å²) in [5, 5.41) is 19.9. The van der Waals surface area contributed by atoms with E-state index in [-0.39, 0.29) is 0 Å². The van der Waals surface area contributed by atoms with E-state index in [0.717, 1.165) is 0 Å². The number of urea groups is 1. The van der Waals surface area contributed by atoms with Crippen LogP contribution in [-0.4, -0.2) is 50.7 Å². The summed E-state index contributed by atoms with van der Waals surface area (Å²) in [7, 11) is 0. The number of carbonyl (C=O) groups excluding carboxylic acids is 2. The quantitative estimate of drug-likeness (QED) is 0.530. The Balaban J connectivity index is 2.93. The highest BCUT2D eigenvalue weighted by Gasteiger charge is 2.49. The second-order valence-electron chi connectivity index (χ2n) is 3.23. The van der Waals surface area contributed by atoms with Crippen LogP contribution in [0.25, 0.3) is 0 Å². The van der Waals surface area contributed by atoms with Crippen molar-refractivity contribution in [2.75, 3.05) is 6.54 Å². The summed E-state index contributed by atoms with van der Waals surface area (Å²) in [5.41, 5.74) is 0. The van der Waals surface area contributed by atoms with Gasteiger partial charge in [-0.15, -0.1) is 11.6 Å². The number of aliphatic hydroxyl groups excluding tert-OH is 1. The molecule has 15 heavy (non-hydrogen) atoms. The van der Waals surface area contributed by atoms with E-state index in [1.165, 1.54) is 6.92 Å². The smallest absolute Gasteiger partial charge is 0.326 e. The fourth-order valence-electron chi connectivity index (χ4n) is 1.12. The SMILES string of the molecule is CC1(Cl)C(=O)NC(=O)N(CC(=O)O)C1O. The van der Waals surface area contributed by atoms with Gasteiger partial charge in [-0.2, -0.15) is 0 Å². The van der Waals surface area contributed by atoms with Crippen molar-refractivity contribution in [2.24, 2.45) is 0 Å². The Morgan fingerprint density at radius 2 is 2.20 bits per heavy atom. The zero-order valence-electron chi connectivity index (χ0n) is 7.73. The number of aliphatic carboxylic acids is 1. The predicted octanol–water partition coefficient (Wildman–Crippen LogP) is -1.06. The zero-order valence-corrected chi connectivity index (χ0v) is 8.48. The fraction of sp³-hybridized carbons (Fsp3) is 0.571. The summed E-state index contributed by atoms with van der Waals surface area (Å²) in [6.45, 7) is 0.457. The molecule has 1 fully saturated rings. The third-order valence-corrected chi connectivity index (χ3v) is 2.38. The number of carbonyl (C=O) groups is 3. The van der Waals surface area contributed by atoms with Crippen molar-refractivity contribution in [2.45, 2.75) is 18.0 Å². The van der Waals surface area contributed by atoms with Gasteiger partial charge in [-0.1, -0.05) is 0 Å². The normalized spacial score (nSPS) is 31.4. The van der Waals surface area contributed by atoms with Gasteiger partial charge in [0.1, 0.15) is 6.54 Å². The first-order valence-electron chi connectivity index (χ1n) is 3.97. The van der Waals surface area contributed by atoms with Crippen LogP contribution in [0, 0.1) is 0 Å². The number of imide groups is 1. The number of aliphatic hydroxyl groups is 1. The Morgan fingerprint density at radius 3 is 2.67 bits per heavy atom. The first kappa shape index (κ1) is 11.7. The minimum Gasteiger partial charge on any atom is -0.480 e. The number of alkyl halides is 1. The van der Waals surface area contributed by atoms with Crippen LogP contribution >= 0.6 is 11.6 Å². The van der Waals surface area contributed by atoms with Crippen LogP contribution in [0.2, 0.25) is 0 Å². The standard InChI is InChI=1S/C7H9ClN2O5/c1-7(8)4(13)9-6(15)10(5(7)14)2-3(11)12/h5,14H,2H2,1H3,(H,11,12)(H,9,13,15). The fourth-order valence-corrected chi connectivity index (χ4v) is 1.28. The molecule has 1 aliphatic heterocycles. The summed E-state index contributed by atoms with van der Waals surface area (Å²) >= 11 is 5.67. The van der Waals surface area contributed by atoms with E-state index < -0.39 is 35.6 Å². The Morgan fingerprint density at radius 1 is 1.67 bits per heavy atom. The van der Waals surface area contributed by atoms with Crippen molar-refractivity contribution >= 4 is 29.5 Å². The number of halogens is 1. The molecule has 3 N–H and O–H groups in total. The highest BCUT2D eigenvalue weighted by molar-refractivity contribution is 6.36. The molecule has 84 valence electrons. The molecule has 1 saturated heterocycles. The molecule has 7 nitrogen and oxygen atoms in total. The Labute approximate surface area is 89.6 Å². The van der Waals surface area contributed by atoms with E-state index in [1.54, 1.807) is 0 Å². The van der Waals surface area contributed by atoms with Crippen LogP contribution in [-0.2, 0) is 9.59 Å². The molecule has 2 atom stereocenters.